The summed E-state index contributed by atoms with van der Waals surface area (Å²) in [7, 11) is -3.78. The lowest BCUT2D eigenvalue weighted by Crippen LogP contribution is -2.27. The van der Waals surface area contributed by atoms with Crippen LogP contribution >= 0.6 is 12.4 Å². The van der Waals surface area contributed by atoms with E-state index in [1.165, 1.54) is 12.1 Å². The summed E-state index contributed by atoms with van der Waals surface area (Å²) in [4.78, 5) is 12.3. The fraction of sp³-hybridized carbons (Fsp3) is 0.278. The number of rotatable bonds is 7. The van der Waals surface area contributed by atoms with Gasteiger partial charge in [-0.15, -0.1) is 12.4 Å². The van der Waals surface area contributed by atoms with E-state index < -0.39 is 10.0 Å². The van der Waals surface area contributed by atoms with E-state index in [4.69, 9.17) is 5.73 Å². The first-order chi connectivity index (χ1) is 11.8. The van der Waals surface area contributed by atoms with Gasteiger partial charge in [0, 0.05) is 17.8 Å². The highest BCUT2D eigenvalue weighted by Gasteiger charge is 2.18. The molecule has 0 aromatic heterocycles. The third kappa shape index (κ3) is 5.72. The van der Waals surface area contributed by atoms with Crippen LogP contribution in [0.5, 0.6) is 0 Å². The van der Waals surface area contributed by atoms with Crippen LogP contribution < -0.4 is 15.8 Å². The highest BCUT2D eigenvalue weighted by molar-refractivity contribution is 7.92. The summed E-state index contributed by atoms with van der Waals surface area (Å²) in [6, 6.07) is 11.6. The SMILES string of the molecule is Cc1cccc(NS(=O)(=O)c2ccc(C)c(C(=O)NCCCN)c2)c1.Cl. The van der Waals surface area contributed by atoms with Gasteiger partial charge in [-0.25, -0.2) is 8.42 Å². The van der Waals surface area contributed by atoms with Crippen LogP contribution in [0.1, 0.15) is 27.9 Å². The number of aryl methyl sites for hydroxylation is 2. The molecule has 0 aliphatic rings. The minimum atomic E-state index is -3.78. The monoisotopic (exact) mass is 397 g/mol. The van der Waals surface area contributed by atoms with Gasteiger partial charge in [0.1, 0.15) is 0 Å². The molecular weight excluding hydrogens is 374 g/mol. The van der Waals surface area contributed by atoms with E-state index >= 15 is 0 Å². The molecule has 2 aromatic carbocycles. The molecule has 0 unspecified atom stereocenters. The molecule has 6 nitrogen and oxygen atoms in total. The van der Waals surface area contributed by atoms with Crippen molar-refractivity contribution >= 4 is 34.0 Å². The van der Waals surface area contributed by atoms with Crippen molar-refractivity contribution in [2.24, 2.45) is 5.73 Å². The van der Waals surface area contributed by atoms with Crippen LogP contribution in [0.3, 0.4) is 0 Å². The molecule has 26 heavy (non-hydrogen) atoms. The fourth-order valence-corrected chi connectivity index (χ4v) is 3.41. The maximum Gasteiger partial charge on any atom is 0.261 e. The topological polar surface area (TPSA) is 101 Å². The molecule has 142 valence electrons. The first-order valence-corrected chi connectivity index (χ1v) is 9.50. The molecule has 1 amide bonds. The predicted octanol–water partition coefficient (Wildman–Crippen LogP) is 2.60. The van der Waals surface area contributed by atoms with Crippen molar-refractivity contribution in [1.82, 2.24) is 5.32 Å². The second kappa shape index (κ2) is 9.56. The number of nitrogens with one attached hydrogen (secondary N) is 2. The lowest BCUT2D eigenvalue weighted by atomic mass is 10.1. The average Bonchev–Trinajstić information content (AvgIpc) is 2.54. The largest absolute Gasteiger partial charge is 0.352 e. The zero-order valence-electron chi connectivity index (χ0n) is 14.8. The highest BCUT2D eigenvalue weighted by Crippen LogP contribution is 2.20. The summed E-state index contributed by atoms with van der Waals surface area (Å²) >= 11 is 0. The van der Waals surface area contributed by atoms with Crippen molar-refractivity contribution in [3.05, 3.63) is 59.2 Å². The van der Waals surface area contributed by atoms with Crippen LogP contribution in [-0.4, -0.2) is 27.4 Å². The Labute approximate surface area is 160 Å². The zero-order valence-corrected chi connectivity index (χ0v) is 16.4. The van der Waals surface area contributed by atoms with E-state index in [1.54, 1.807) is 31.2 Å². The molecule has 0 bridgehead atoms. The van der Waals surface area contributed by atoms with Gasteiger partial charge in [-0.1, -0.05) is 18.2 Å². The first kappa shape index (κ1) is 22.0. The second-order valence-electron chi connectivity index (χ2n) is 5.85. The van der Waals surface area contributed by atoms with Gasteiger partial charge in [0.25, 0.3) is 15.9 Å². The van der Waals surface area contributed by atoms with Crippen LogP contribution in [0.15, 0.2) is 47.4 Å². The Hall–Kier alpha value is -2.09. The molecule has 0 aliphatic heterocycles. The Morgan fingerprint density at radius 2 is 1.85 bits per heavy atom. The molecule has 2 aromatic rings. The minimum Gasteiger partial charge on any atom is -0.352 e. The number of anilines is 1. The lowest BCUT2D eigenvalue weighted by molar-refractivity contribution is 0.0952. The van der Waals surface area contributed by atoms with Gasteiger partial charge in [-0.2, -0.15) is 0 Å². The van der Waals surface area contributed by atoms with E-state index in [1.807, 2.05) is 13.0 Å². The molecule has 2 rings (SSSR count). The Morgan fingerprint density at radius 1 is 1.12 bits per heavy atom. The third-order valence-corrected chi connectivity index (χ3v) is 5.08. The number of carbonyl (C=O) groups is 1. The molecule has 0 radical (unpaired) electrons. The van der Waals surface area contributed by atoms with E-state index in [-0.39, 0.29) is 23.2 Å². The van der Waals surface area contributed by atoms with E-state index in [2.05, 4.69) is 10.0 Å². The average molecular weight is 398 g/mol. The molecule has 0 atom stereocenters. The summed E-state index contributed by atoms with van der Waals surface area (Å²) in [5.74, 6) is -0.307. The number of sulfonamides is 1. The molecule has 0 saturated heterocycles. The van der Waals surface area contributed by atoms with Gasteiger partial charge in [0.2, 0.25) is 0 Å². The Kier molecular flexibility index (Phi) is 8.08. The number of hydrogen-bond donors (Lipinski definition) is 3. The molecule has 0 saturated carbocycles. The Morgan fingerprint density at radius 3 is 2.50 bits per heavy atom. The summed E-state index contributed by atoms with van der Waals surface area (Å²) in [6.07, 6.45) is 0.664. The van der Waals surface area contributed by atoms with Crippen LogP contribution in [0.4, 0.5) is 5.69 Å². The van der Waals surface area contributed by atoms with Crippen LogP contribution in [-0.2, 0) is 10.0 Å². The number of carbonyl (C=O) groups excluding carboxylic acids is 1. The van der Waals surface area contributed by atoms with E-state index in [0.29, 0.717) is 36.3 Å². The Balaban J connectivity index is 0.00000338. The van der Waals surface area contributed by atoms with Gasteiger partial charge in [0.15, 0.2) is 0 Å². The quantitative estimate of drug-likeness (QED) is 0.625. The van der Waals surface area contributed by atoms with Gasteiger partial charge < -0.3 is 11.1 Å². The standard InChI is InChI=1S/C18H23N3O3S.ClH/c1-13-5-3-6-15(11-13)21-25(23,24)16-8-7-14(2)17(12-16)18(22)20-10-4-9-19;/h3,5-8,11-12,21H,4,9-10,19H2,1-2H3,(H,20,22);1H. The fourth-order valence-electron chi connectivity index (χ4n) is 2.33. The van der Waals surface area contributed by atoms with Crippen LogP contribution in [0.2, 0.25) is 0 Å². The maximum atomic E-state index is 12.6. The van der Waals surface area contributed by atoms with Crippen molar-refractivity contribution in [1.29, 1.82) is 0 Å². The van der Waals surface area contributed by atoms with Crippen molar-refractivity contribution in [3.63, 3.8) is 0 Å². The number of nitrogens with two attached hydrogens (primary N) is 1. The Bertz CT molecular complexity index is 870. The van der Waals surface area contributed by atoms with E-state index in [0.717, 1.165) is 5.56 Å². The summed E-state index contributed by atoms with van der Waals surface area (Å²) in [6.45, 7) is 4.58. The van der Waals surface area contributed by atoms with Gasteiger partial charge in [0.05, 0.1) is 4.90 Å². The molecule has 0 spiro atoms. The zero-order chi connectivity index (χ0) is 18.4. The van der Waals surface area contributed by atoms with Gasteiger partial charge >= 0.3 is 0 Å². The summed E-state index contributed by atoms with van der Waals surface area (Å²) in [5.41, 5.74) is 7.88. The van der Waals surface area contributed by atoms with Crippen molar-refractivity contribution in [3.8, 4) is 0 Å². The van der Waals surface area contributed by atoms with Gasteiger partial charge in [-0.3, -0.25) is 9.52 Å². The van der Waals surface area contributed by atoms with Crippen molar-refractivity contribution in [2.45, 2.75) is 25.2 Å². The number of halogens is 1. The number of hydrogen-bond acceptors (Lipinski definition) is 4. The van der Waals surface area contributed by atoms with Gasteiger partial charge in [-0.05, 0) is 62.2 Å². The smallest absolute Gasteiger partial charge is 0.261 e. The molecule has 0 fully saturated rings. The minimum absolute atomic E-state index is 0. The summed E-state index contributed by atoms with van der Waals surface area (Å²) < 4.78 is 27.7. The van der Waals surface area contributed by atoms with Crippen molar-refractivity contribution in [2.75, 3.05) is 17.8 Å². The molecule has 4 N–H and O–H groups in total. The lowest BCUT2D eigenvalue weighted by Gasteiger charge is -2.12. The predicted molar refractivity (Wildman–Crippen MR) is 106 cm³/mol. The first-order valence-electron chi connectivity index (χ1n) is 8.02. The molecule has 0 heterocycles. The van der Waals surface area contributed by atoms with E-state index in [9.17, 15) is 13.2 Å². The second-order valence-corrected chi connectivity index (χ2v) is 7.53. The molecular formula is C18H24ClN3O3S. The van der Waals surface area contributed by atoms with Crippen LogP contribution in [0, 0.1) is 13.8 Å². The summed E-state index contributed by atoms with van der Waals surface area (Å²) in [5, 5.41) is 2.74. The maximum absolute atomic E-state index is 12.6. The molecule has 8 heteroatoms. The number of benzene rings is 2. The van der Waals surface area contributed by atoms with Crippen molar-refractivity contribution < 1.29 is 13.2 Å². The van der Waals surface area contributed by atoms with Crippen LogP contribution in [0.25, 0.3) is 0 Å². The highest BCUT2D eigenvalue weighted by atomic mass is 35.5. The number of amides is 1. The third-order valence-electron chi connectivity index (χ3n) is 3.70. The normalized spacial score (nSPS) is 10.7. The molecule has 0 aliphatic carbocycles.